The molecule has 1 aliphatic rings. The number of fused-ring (bicyclic) bond motifs is 1. The highest BCUT2D eigenvalue weighted by Gasteiger charge is 2.30. The van der Waals surface area contributed by atoms with Crippen LogP contribution >= 0.6 is 0 Å². The highest BCUT2D eigenvalue weighted by atomic mass is 32.2. The van der Waals surface area contributed by atoms with Crippen molar-refractivity contribution >= 4 is 33.2 Å². The van der Waals surface area contributed by atoms with E-state index in [1.54, 1.807) is 29.2 Å². The summed E-state index contributed by atoms with van der Waals surface area (Å²) in [6.45, 7) is 5.27. The molecule has 1 atom stereocenters. The maximum atomic E-state index is 12.7. The van der Waals surface area contributed by atoms with E-state index in [1.807, 2.05) is 19.9 Å². The minimum atomic E-state index is -3.78. The monoisotopic (exact) mass is 445 g/mol. The van der Waals surface area contributed by atoms with Crippen molar-refractivity contribution in [1.82, 2.24) is 4.72 Å². The van der Waals surface area contributed by atoms with Crippen molar-refractivity contribution in [3.05, 3.63) is 47.5 Å². The highest BCUT2D eigenvalue weighted by Crippen LogP contribution is 2.33. The van der Waals surface area contributed by atoms with Gasteiger partial charge < -0.3 is 15.0 Å². The topological polar surface area (TPSA) is 105 Å². The summed E-state index contributed by atoms with van der Waals surface area (Å²) >= 11 is 0. The lowest BCUT2D eigenvalue weighted by atomic mass is 10.1. The van der Waals surface area contributed by atoms with E-state index in [-0.39, 0.29) is 35.7 Å². The van der Waals surface area contributed by atoms with Crippen molar-refractivity contribution < 1.29 is 22.7 Å². The number of methoxy groups -OCH3 is 1. The Morgan fingerprint density at radius 1 is 1.19 bits per heavy atom. The van der Waals surface area contributed by atoms with Crippen LogP contribution in [-0.4, -0.2) is 39.9 Å². The van der Waals surface area contributed by atoms with Crippen LogP contribution in [0.3, 0.4) is 0 Å². The number of hydrogen-bond donors (Lipinski definition) is 2. The molecule has 0 radical (unpaired) electrons. The third-order valence-corrected chi connectivity index (χ3v) is 6.65. The maximum Gasteiger partial charge on any atom is 0.240 e. The van der Waals surface area contributed by atoms with E-state index in [4.69, 9.17) is 4.74 Å². The van der Waals surface area contributed by atoms with Gasteiger partial charge in [-0.05, 0) is 61.7 Å². The van der Waals surface area contributed by atoms with Gasteiger partial charge in [0.1, 0.15) is 5.75 Å². The minimum Gasteiger partial charge on any atom is -0.495 e. The van der Waals surface area contributed by atoms with Gasteiger partial charge in [0.2, 0.25) is 21.8 Å². The van der Waals surface area contributed by atoms with Crippen LogP contribution in [0.25, 0.3) is 0 Å². The number of anilines is 2. The second-order valence-electron chi connectivity index (χ2n) is 7.63. The molecule has 2 aromatic rings. The van der Waals surface area contributed by atoms with Crippen LogP contribution < -0.4 is 19.7 Å². The summed E-state index contributed by atoms with van der Waals surface area (Å²) in [4.78, 5) is 25.9. The summed E-state index contributed by atoms with van der Waals surface area (Å²) < 4.78 is 33.0. The second-order valence-corrected chi connectivity index (χ2v) is 9.40. The molecule has 0 bridgehead atoms. The van der Waals surface area contributed by atoms with Crippen LogP contribution in [0, 0.1) is 6.92 Å². The molecule has 3 rings (SSSR count). The number of carbonyl (C=O) groups excluding carboxylic acids is 2. The molecule has 2 amide bonds. The molecule has 1 heterocycles. The first-order chi connectivity index (χ1) is 14.6. The Hall–Kier alpha value is -2.91. The number of aryl methyl sites for hydroxylation is 1. The summed E-state index contributed by atoms with van der Waals surface area (Å²) in [6.07, 6.45) is 0.565. The van der Waals surface area contributed by atoms with Crippen molar-refractivity contribution in [1.29, 1.82) is 0 Å². The molecule has 0 saturated heterocycles. The van der Waals surface area contributed by atoms with Gasteiger partial charge in [-0.3, -0.25) is 9.59 Å². The van der Waals surface area contributed by atoms with Gasteiger partial charge in [-0.25, -0.2) is 13.1 Å². The van der Waals surface area contributed by atoms with Gasteiger partial charge in [-0.1, -0.05) is 6.07 Å². The molecule has 31 heavy (non-hydrogen) atoms. The van der Waals surface area contributed by atoms with Crippen LogP contribution in [0.4, 0.5) is 11.4 Å². The Morgan fingerprint density at radius 3 is 2.61 bits per heavy atom. The molecule has 8 nitrogen and oxygen atoms in total. The number of amides is 2. The molecule has 1 aliphatic heterocycles. The van der Waals surface area contributed by atoms with E-state index in [0.717, 1.165) is 16.8 Å². The quantitative estimate of drug-likeness (QED) is 0.682. The molecule has 0 saturated carbocycles. The van der Waals surface area contributed by atoms with Crippen LogP contribution in [0.15, 0.2) is 41.3 Å². The van der Waals surface area contributed by atoms with Gasteiger partial charge in [-0.15, -0.1) is 0 Å². The van der Waals surface area contributed by atoms with Crippen molar-refractivity contribution in [2.75, 3.05) is 23.9 Å². The normalized spacial score (nSPS) is 15.5. The van der Waals surface area contributed by atoms with Crippen molar-refractivity contribution in [2.45, 2.75) is 44.6 Å². The largest absolute Gasteiger partial charge is 0.495 e. The SMILES string of the molecule is COc1ccc(C)cc1NC(=O)CCNS(=O)(=O)c1ccc2c(c1)C[C@H](C)N2C(C)=O. The minimum absolute atomic E-state index is 0.0132. The lowest BCUT2D eigenvalue weighted by Crippen LogP contribution is -2.33. The van der Waals surface area contributed by atoms with Crippen molar-refractivity contribution in [2.24, 2.45) is 0 Å². The zero-order valence-electron chi connectivity index (χ0n) is 18.1. The summed E-state index contributed by atoms with van der Waals surface area (Å²) in [5.74, 6) is 0.134. The Labute approximate surface area is 182 Å². The van der Waals surface area contributed by atoms with Crippen LogP contribution in [0.1, 0.15) is 31.4 Å². The molecular formula is C22H27N3O5S. The highest BCUT2D eigenvalue weighted by molar-refractivity contribution is 7.89. The van der Waals surface area contributed by atoms with Gasteiger partial charge >= 0.3 is 0 Å². The van der Waals surface area contributed by atoms with Crippen LogP contribution in [0.2, 0.25) is 0 Å². The van der Waals surface area contributed by atoms with Crippen molar-refractivity contribution in [3.8, 4) is 5.75 Å². The Balaban J connectivity index is 1.62. The first kappa shape index (κ1) is 22.8. The average molecular weight is 446 g/mol. The molecule has 0 fully saturated rings. The number of sulfonamides is 1. The number of carbonyl (C=O) groups is 2. The van der Waals surface area contributed by atoms with E-state index in [0.29, 0.717) is 17.9 Å². The van der Waals surface area contributed by atoms with E-state index in [9.17, 15) is 18.0 Å². The third-order valence-electron chi connectivity index (χ3n) is 5.19. The first-order valence-electron chi connectivity index (χ1n) is 9.99. The fourth-order valence-corrected chi connectivity index (χ4v) is 4.85. The lowest BCUT2D eigenvalue weighted by Gasteiger charge is -2.20. The molecule has 9 heteroatoms. The Kier molecular flexibility index (Phi) is 6.66. The van der Waals surface area contributed by atoms with Crippen molar-refractivity contribution in [3.63, 3.8) is 0 Å². The van der Waals surface area contributed by atoms with Gasteiger partial charge in [0.25, 0.3) is 0 Å². The first-order valence-corrected chi connectivity index (χ1v) is 11.5. The molecule has 0 aromatic heterocycles. The molecule has 0 aliphatic carbocycles. The standard InChI is InChI=1S/C22H27N3O5S/c1-14-5-8-21(30-4)19(11-14)24-22(27)9-10-23-31(28,29)18-6-7-20-17(13-18)12-15(2)25(20)16(3)26/h5-8,11,13,15,23H,9-10,12H2,1-4H3,(H,24,27)/t15-/m0/s1. The Bertz CT molecular complexity index is 1110. The van der Waals surface area contributed by atoms with E-state index < -0.39 is 10.0 Å². The molecule has 0 spiro atoms. The van der Waals surface area contributed by atoms with E-state index in [1.165, 1.54) is 20.1 Å². The fraction of sp³-hybridized carbons (Fsp3) is 0.364. The zero-order chi connectivity index (χ0) is 22.8. The predicted molar refractivity (Wildman–Crippen MR) is 119 cm³/mol. The van der Waals surface area contributed by atoms with Crippen LogP contribution in [0.5, 0.6) is 5.75 Å². The number of hydrogen-bond acceptors (Lipinski definition) is 5. The molecule has 2 N–H and O–H groups in total. The summed E-state index contributed by atoms with van der Waals surface area (Å²) in [7, 11) is -2.27. The predicted octanol–water partition coefficient (Wildman–Crippen LogP) is 2.61. The molecule has 0 unspecified atom stereocenters. The number of rotatable bonds is 7. The van der Waals surface area contributed by atoms with Gasteiger partial charge in [0.15, 0.2) is 0 Å². The maximum absolute atomic E-state index is 12.7. The number of nitrogens with one attached hydrogen (secondary N) is 2. The zero-order valence-corrected chi connectivity index (χ0v) is 18.9. The number of ether oxygens (including phenoxy) is 1. The molecule has 166 valence electrons. The Morgan fingerprint density at radius 2 is 1.94 bits per heavy atom. The smallest absolute Gasteiger partial charge is 0.240 e. The summed E-state index contributed by atoms with van der Waals surface area (Å²) in [6, 6.07) is 10.1. The number of benzene rings is 2. The third kappa shape index (κ3) is 5.05. The fourth-order valence-electron chi connectivity index (χ4n) is 3.77. The molecular weight excluding hydrogens is 418 g/mol. The second kappa shape index (κ2) is 9.07. The number of nitrogens with zero attached hydrogens (tertiary/aromatic N) is 1. The van der Waals surface area contributed by atoms with Gasteiger partial charge in [-0.2, -0.15) is 0 Å². The van der Waals surface area contributed by atoms with Crippen LogP contribution in [-0.2, 0) is 26.0 Å². The van der Waals surface area contributed by atoms with E-state index in [2.05, 4.69) is 10.0 Å². The van der Waals surface area contributed by atoms with Gasteiger partial charge in [0, 0.05) is 31.6 Å². The molecule has 2 aromatic carbocycles. The van der Waals surface area contributed by atoms with E-state index >= 15 is 0 Å². The summed E-state index contributed by atoms with van der Waals surface area (Å²) in [5.41, 5.74) is 3.06. The summed E-state index contributed by atoms with van der Waals surface area (Å²) in [5, 5.41) is 2.75. The average Bonchev–Trinajstić information content (AvgIpc) is 3.03. The van der Waals surface area contributed by atoms with Gasteiger partial charge in [0.05, 0.1) is 17.7 Å². The lowest BCUT2D eigenvalue weighted by molar-refractivity contribution is -0.117.